The molecule has 0 saturated carbocycles. The van der Waals surface area contributed by atoms with Crippen LogP contribution in [0.2, 0.25) is 0 Å². The second kappa shape index (κ2) is 19.4. The largest absolute Gasteiger partial charge is 0.309 e. The Hall–Kier alpha value is -12.9. The van der Waals surface area contributed by atoms with E-state index in [1.54, 1.807) is 91.3 Å². The normalized spacial score (nSPS) is 10.6. The fourth-order valence-electron chi connectivity index (χ4n) is 10.7. The molecule has 0 aliphatic heterocycles. The summed E-state index contributed by atoms with van der Waals surface area (Å²) in [5.41, 5.74) is 15.0. The molecule has 12 nitrogen and oxygen atoms in total. The van der Waals surface area contributed by atoms with E-state index in [0.717, 1.165) is 77.1 Å². The van der Waals surface area contributed by atoms with Crippen molar-refractivity contribution in [3.8, 4) is 97.4 Å². The second-order valence-corrected chi connectivity index (χ2v) is 18.8. The summed E-state index contributed by atoms with van der Waals surface area (Å²) >= 11 is 0. The lowest BCUT2D eigenvalue weighted by Crippen LogP contribution is -2.02. The standard InChI is InChI=1S/C68H30N12/c1-74-53-22-43(37-72)20-50(25-53)46-7-12-64-59(30-46)58-29-45(49-18-41(35-70)17-42(19-49)36-71)6-11-63(58)79(64)67-15-16-78-39-62(67)57-10-5-40(34-69)24-68(57)80-65-13-8-47(51-21-44(38-73)23-54(26-51)75-2)31-60(65)61-32-48(9-14-66(61)80)52-27-55(76-3)33-56(28-52)77-4/h5-33,39H. The lowest BCUT2D eigenvalue weighted by Gasteiger charge is -2.18. The lowest BCUT2D eigenvalue weighted by molar-refractivity contribution is 1.14. The molecule has 0 fully saturated rings. The molecular formula is C68H30N12. The fourth-order valence-corrected chi connectivity index (χ4v) is 10.7. The fraction of sp³-hybridized carbons (Fsp3) is 0. The third-order valence-corrected chi connectivity index (χ3v) is 14.3. The minimum absolute atomic E-state index is 0.327. The number of nitriles is 5. The van der Waals surface area contributed by atoms with Crippen LogP contribution in [0.5, 0.6) is 0 Å². The summed E-state index contributed by atoms with van der Waals surface area (Å²) in [5.74, 6) is 0. The van der Waals surface area contributed by atoms with E-state index in [4.69, 9.17) is 31.3 Å². The van der Waals surface area contributed by atoms with Gasteiger partial charge in [-0.05, 0) is 166 Å². The van der Waals surface area contributed by atoms with E-state index in [-0.39, 0.29) is 0 Å². The summed E-state index contributed by atoms with van der Waals surface area (Å²) in [6.07, 6.45) is 3.53. The van der Waals surface area contributed by atoms with E-state index >= 15 is 0 Å². The number of aromatic nitrogens is 3. The summed E-state index contributed by atoms with van der Waals surface area (Å²) in [6, 6.07) is 62.9. The first kappa shape index (κ1) is 48.1. The predicted molar refractivity (Wildman–Crippen MR) is 309 cm³/mol. The van der Waals surface area contributed by atoms with Gasteiger partial charge in [-0.25, -0.2) is 19.4 Å². The Morgan fingerprint density at radius 2 is 0.675 bits per heavy atom. The molecule has 0 radical (unpaired) electrons. The van der Waals surface area contributed by atoms with Gasteiger partial charge in [0.25, 0.3) is 0 Å². The topological polar surface area (TPSA) is 159 Å². The molecule has 0 saturated heterocycles. The van der Waals surface area contributed by atoms with Crippen LogP contribution >= 0.6 is 0 Å². The van der Waals surface area contributed by atoms with Crippen LogP contribution in [-0.2, 0) is 0 Å². The van der Waals surface area contributed by atoms with Crippen molar-refractivity contribution < 1.29 is 0 Å². The zero-order valence-corrected chi connectivity index (χ0v) is 41.7. The monoisotopic (exact) mass is 1010 g/mol. The lowest BCUT2D eigenvalue weighted by atomic mass is 9.97. The maximum Gasteiger partial charge on any atom is 0.189 e. The van der Waals surface area contributed by atoms with Gasteiger partial charge in [-0.2, -0.15) is 26.3 Å². The van der Waals surface area contributed by atoms with E-state index in [9.17, 15) is 26.3 Å². The quantitative estimate of drug-likeness (QED) is 0.145. The summed E-state index contributed by atoms with van der Waals surface area (Å²) in [7, 11) is 0. The maximum atomic E-state index is 10.6. The molecule has 0 bridgehead atoms. The maximum absolute atomic E-state index is 10.6. The summed E-state index contributed by atoms with van der Waals surface area (Å²) in [5, 5.41) is 53.7. The van der Waals surface area contributed by atoms with Crippen molar-refractivity contribution in [3.05, 3.63) is 256 Å². The number of pyridine rings is 1. The smallest absolute Gasteiger partial charge is 0.189 e. The predicted octanol–water partition coefficient (Wildman–Crippen LogP) is 17.2. The highest BCUT2D eigenvalue weighted by Crippen LogP contribution is 2.45. The molecular weight excluding hydrogens is 985 g/mol. The number of hydrogen-bond donors (Lipinski definition) is 0. The highest BCUT2D eigenvalue weighted by Gasteiger charge is 2.23. The van der Waals surface area contributed by atoms with Crippen LogP contribution in [0.15, 0.2) is 182 Å². The van der Waals surface area contributed by atoms with E-state index in [0.29, 0.717) is 84.1 Å². The molecule has 12 rings (SSSR count). The van der Waals surface area contributed by atoms with Crippen molar-refractivity contribution in [2.75, 3.05) is 0 Å². The molecule has 80 heavy (non-hydrogen) atoms. The van der Waals surface area contributed by atoms with Crippen molar-refractivity contribution in [1.29, 1.82) is 26.3 Å². The first-order valence-corrected chi connectivity index (χ1v) is 24.5. The second-order valence-electron chi connectivity index (χ2n) is 18.8. The van der Waals surface area contributed by atoms with Gasteiger partial charge in [0.05, 0.1) is 107 Å². The number of nitrogens with zero attached hydrogens (tertiary/aromatic N) is 12. The number of rotatable bonds is 7. The molecule has 0 unspecified atom stereocenters. The number of hydrogen-bond acceptors (Lipinski definition) is 6. The Morgan fingerprint density at radius 3 is 1.07 bits per heavy atom. The van der Waals surface area contributed by atoms with Crippen molar-refractivity contribution >= 4 is 66.4 Å². The highest BCUT2D eigenvalue weighted by atomic mass is 15.0. The zero-order chi connectivity index (χ0) is 55.2. The van der Waals surface area contributed by atoms with Crippen LogP contribution in [0.25, 0.3) is 130 Å². The Labute approximate surface area is 457 Å². The van der Waals surface area contributed by atoms with Crippen LogP contribution in [-0.4, -0.2) is 14.1 Å². The zero-order valence-electron chi connectivity index (χ0n) is 41.7. The van der Waals surface area contributed by atoms with E-state index in [1.807, 2.05) is 91.0 Å². The Balaban J connectivity index is 1.12. The molecule has 0 aliphatic carbocycles. The average Bonchev–Trinajstić information content (AvgIpc) is 4.22. The molecule has 12 heteroatoms. The van der Waals surface area contributed by atoms with Gasteiger partial charge in [0.15, 0.2) is 22.7 Å². The van der Waals surface area contributed by atoms with Gasteiger partial charge in [-0.15, -0.1) is 0 Å². The molecule has 3 aromatic heterocycles. The Morgan fingerprint density at radius 1 is 0.312 bits per heavy atom. The third kappa shape index (κ3) is 8.17. The van der Waals surface area contributed by atoms with Crippen LogP contribution < -0.4 is 0 Å². The van der Waals surface area contributed by atoms with Gasteiger partial charge in [-0.3, -0.25) is 4.98 Å². The van der Waals surface area contributed by atoms with Crippen molar-refractivity contribution in [1.82, 2.24) is 14.1 Å². The minimum atomic E-state index is 0.327. The summed E-state index contributed by atoms with van der Waals surface area (Å²) < 4.78 is 4.27. The molecule has 0 spiro atoms. The first-order valence-electron chi connectivity index (χ1n) is 24.5. The highest BCUT2D eigenvalue weighted by molar-refractivity contribution is 6.14. The molecule has 3 heterocycles. The molecule has 0 atom stereocenters. The van der Waals surface area contributed by atoms with Crippen LogP contribution in [0, 0.1) is 82.9 Å². The van der Waals surface area contributed by atoms with E-state index in [2.05, 4.69) is 58.9 Å². The van der Waals surface area contributed by atoms with Crippen molar-refractivity contribution in [3.63, 3.8) is 0 Å². The SMILES string of the molecule is [C-]#[N+]c1cc(C#N)cc(-c2ccc3c(c2)c2cc(-c4cc(C#N)cc(C#N)c4)ccc2n3-c2ccncc2-c2ccc(C#N)cc2-n2c3ccc(-c4cc(C#N)cc([N+]#[C-])c4)cc3c3cc(-c4cc([N+]#[C-])cc([N+]#[C-])c4)ccc32)c1. The molecule has 0 N–H and O–H groups in total. The van der Waals surface area contributed by atoms with Crippen LogP contribution in [0.3, 0.4) is 0 Å². The van der Waals surface area contributed by atoms with Crippen molar-refractivity contribution in [2.24, 2.45) is 0 Å². The van der Waals surface area contributed by atoms with Crippen molar-refractivity contribution in [2.45, 2.75) is 0 Å². The summed E-state index contributed by atoms with van der Waals surface area (Å²) in [6.45, 7) is 31.1. The number of benzene rings is 9. The van der Waals surface area contributed by atoms with E-state index < -0.39 is 0 Å². The number of fused-ring (bicyclic) bond motifs is 6. The Kier molecular flexibility index (Phi) is 11.7. The van der Waals surface area contributed by atoms with E-state index in [1.165, 1.54) is 0 Å². The summed E-state index contributed by atoms with van der Waals surface area (Å²) in [4.78, 5) is 19.3. The van der Waals surface area contributed by atoms with Gasteiger partial charge in [0.1, 0.15) is 0 Å². The molecule has 9 aromatic carbocycles. The van der Waals surface area contributed by atoms with Crippen LogP contribution in [0.1, 0.15) is 27.8 Å². The molecule has 362 valence electrons. The van der Waals surface area contributed by atoms with Crippen LogP contribution in [0.4, 0.5) is 22.7 Å². The van der Waals surface area contributed by atoms with Gasteiger partial charge in [0.2, 0.25) is 0 Å². The molecule has 0 aliphatic rings. The minimum Gasteiger partial charge on any atom is -0.309 e. The Bertz CT molecular complexity index is 4750. The van der Waals surface area contributed by atoms with Gasteiger partial charge in [0, 0.05) is 56.2 Å². The molecule has 12 aromatic rings. The van der Waals surface area contributed by atoms with Gasteiger partial charge in [-0.1, -0.05) is 48.5 Å². The first-order chi connectivity index (χ1) is 39.2. The van der Waals surface area contributed by atoms with Gasteiger partial charge >= 0.3 is 0 Å². The molecule has 0 amide bonds. The third-order valence-electron chi connectivity index (χ3n) is 14.3. The average molecular weight is 1020 g/mol. The van der Waals surface area contributed by atoms with Gasteiger partial charge < -0.3 is 9.13 Å².